The molecule has 0 radical (unpaired) electrons. The van der Waals surface area contributed by atoms with Gasteiger partial charge in [0.05, 0.1) is 11.5 Å². The monoisotopic (exact) mass is 403 g/mol. The van der Waals surface area contributed by atoms with Crippen molar-refractivity contribution in [2.24, 2.45) is 5.92 Å². The van der Waals surface area contributed by atoms with Crippen molar-refractivity contribution in [3.05, 3.63) is 28.7 Å². The van der Waals surface area contributed by atoms with E-state index in [1.54, 1.807) is 24.3 Å². The summed E-state index contributed by atoms with van der Waals surface area (Å²) in [6, 6.07) is 7.01. The Morgan fingerprint density at radius 2 is 2.00 bits per heavy atom. The minimum absolute atomic E-state index is 0.0154. The van der Waals surface area contributed by atoms with E-state index in [0.717, 1.165) is 4.47 Å². The number of amides is 1. The van der Waals surface area contributed by atoms with Crippen molar-refractivity contribution in [3.63, 3.8) is 0 Å². The molecule has 1 amide bonds. The van der Waals surface area contributed by atoms with E-state index >= 15 is 0 Å². The van der Waals surface area contributed by atoms with Gasteiger partial charge < -0.3 is 10.1 Å². The van der Waals surface area contributed by atoms with Crippen LogP contribution in [0.15, 0.2) is 28.7 Å². The molecule has 1 aliphatic heterocycles. The number of carbonyl (C=O) groups excluding carboxylic acids is 2. The predicted octanol–water partition coefficient (Wildman–Crippen LogP) is 2.14. The molecule has 1 saturated heterocycles. The van der Waals surface area contributed by atoms with Crippen LogP contribution >= 0.6 is 15.9 Å². The van der Waals surface area contributed by atoms with Crippen molar-refractivity contribution in [2.45, 2.75) is 25.9 Å². The number of halogens is 1. The number of sulfone groups is 1. The lowest BCUT2D eigenvalue weighted by Gasteiger charge is -2.15. The SMILES string of the molecule is C[C@@H](OC(=O)C[C@@H]1CCS(=O)(=O)C1)C(=O)Nc1ccc(Br)cc1. The molecule has 126 valence electrons. The van der Waals surface area contributed by atoms with Gasteiger partial charge in [-0.3, -0.25) is 9.59 Å². The summed E-state index contributed by atoms with van der Waals surface area (Å²) in [5.41, 5.74) is 0.600. The molecule has 1 N–H and O–H groups in total. The van der Waals surface area contributed by atoms with Crippen molar-refractivity contribution in [2.75, 3.05) is 16.8 Å². The van der Waals surface area contributed by atoms with Crippen LogP contribution in [-0.4, -0.2) is 37.9 Å². The Balaban J connectivity index is 1.81. The Labute approximate surface area is 143 Å². The number of anilines is 1. The molecular formula is C15H18BrNO5S. The molecule has 0 saturated carbocycles. The van der Waals surface area contributed by atoms with E-state index in [2.05, 4.69) is 21.2 Å². The van der Waals surface area contributed by atoms with Gasteiger partial charge in [0, 0.05) is 16.6 Å². The predicted molar refractivity (Wildman–Crippen MR) is 89.7 cm³/mol. The minimum Gasteiger partial charge on any atom is -0.453 e. The maximum absolute atomic E-state index is 12.0. The Kier molecular flexibility index (Phi) is 5.80. The molecule has 2 atom stereocenters. The zero-order chi connectivity index (χ0) is 17.0. The second-order valence-corrected chi connectivity index (χ2v) is 8.75. The smallest absolute Gasteiger partial charge is 0.306 e. The molecule has 23 heavy (non-hydrogen) atoms. The lowest BCUT2D eigenvalue weighted by molar-refractivity contribution is -0.153. The first kappa shape index (κ1) is 17.9. The molecule has 6 nitrogen and oxygen atoms in total. The van der Waals surface area contributed by atoms with Crippen LogP contribution in [0.5, 0.6) is 0 Å². The highest BCUT2D eigenvalue weighted by Gasteiger charge is 2.30. The summed E-state index contributed by atoms with van der Waals surface area (Å²) < 4.78 is 28.7. The normalized spacial score (nSPS) is 20.7. The van der Waals surface area contributed by atoms with Crippen LogP contribution in [-0.2, 0) is 24.2 Å². The fraction of sp³-hybridized carbons (Fsp3) is 0.467. The van der Waals surface area contributed by atoms with Crippen molar-refractivity contribution in [1.29, 1.82) is 0 Å². The van der Waals surface area contributed by atoms with Gasteiger partial charge in [-0.1, -0.05) is 15.9 Å². The van der Waals surface area contributed by atoms with Crippen LogP contribution in [0.1, 0.15) is 19.8 Å². The van der Waals surface area contributed by atoms with Gasteiger partial charge in [0.2, 0.25) is 0 Å². The van der Waals surface area contributed by atoms with Gasteiger partial charge in [-0.25, -0.2) is 8.42 Å². The molecule has 0 unspecified atom stereocenters. The van der Waals surface area contributed by atoms with E-state index < -0.39 is 27.8 Å². The van der Waals surface area contributed by atoms with Crippen molar-refractivity contribution >= 4 is 43.3 Å². The second kappa shape index (κ2) is 7.44. The van der Waals surface area contributed by atoms with E-state index in [1.807, 2.05) is 0 Å². The summed E-state index contributed by atoms with van der Waals surface area (Å²) in [5.74, 6) is -1.06. The first-order valence-corrected chi connectivity index (χ1v) is 9.83. The number of hydrogen-bond donors (Lipinski definition) is 1. The van der Waals surface area contributed by atoms with Gasteiger partial charge in [0.25, 0.3) is 5.91 Å². The molecule has 1 aromatic carbocycles. The van der Waals surface area contributed by atoms with Crippen LogP contribution in [0.25, 0.3) is 0 Å². The van der Waals surface area contributed by atoms with E-state index in [0.29, 0.717) is 12.1 Å². The van der Waals surface area contributed by atoms with E-state index in [-0.39, 0.29) is 23.8 Å². The number of hydrogen-bond acceptors (Lipinski definition) is 5. The Bertz CT molecular complexity index is 686. The summed E-state index contributed by atoms with van der Waals surface area (Å²) in [6.45, 7) is 1.48. The third-order valence-electron chi connectivity index (χ3n) is 3.57. The van der Waals surface area contributed by atoms with E-state index in [9.17, 15) is 18.0 Å². The highest BCUT2D eigenvalue weighted by molar-refractivity contribution is 9.10. The first-order valence-electron chi connectivity index (χ1n) is 7.21. The van der Waals surface area contributed by atoms with Gasteiger partial charge >= 0.3 is 5.97 Å². The first-order chi connectivity index (χ1) is 10.7. The lowest BCUT2D eigenvalue weighted by Crippen LogP contribution is -2.30. The maximum Gasteiger partial charge on any atom is 0.306 e. The largest absolute Gasteiger partial charge is 0.453 e. The van der Waals surface area contributed by atoms with Crippen molar-refractivity contribution in [3.8, 4) is 0 Å². The Hall–Kier alpha value is -1.41. The molecule has 1 aliphatic rings. The highest BCUT2D eigenvalue weighted by Crippen LogP contribution is 2.22. The van der Waals surface area contributed by atoms with Crippen LogP contribution in [0.2, 0.25) is 0 Å². The van der Waals surface area contributed by atoms with Crippen LogP contribution in [0.3, 0.4) is 0 Å². The molecular weight excluding hydrogens is 386 g/mol. The molecule has 0 aromatic heterocycles. The van der Waals surface area contributed by atoms with Crippen LogP contribution in [0.4, 0.5) is 5.69 Å². The van der Waals surface area contributed by atoms with Gasteiger partial charge in [0.1, 0.15) is 0 Å². The van der Waals surface area contributed by atoms with E-state index in [1.165, 1.54) is 6.92 Å². The van der Waals surface area contributed by atoms with Crippen LogP contribution in [0, 0.1) is 5.92 Å². The number of rotatable bonds is 5. The number of nitrogens with one attached hydrogen (secondary N) is 1. The summed E-state index contributed by atoms with van der Waals surface area (Å²) in [7, 11) is -3.02. The Morgan fingerprint density at radius 3 is 2.57 bits per heavy atom. The van der Waals surface area contributed by atoms with Crippen LogP contribution < -0.4 is 5.32 Å². The quantitative estimate of drug-likeness (QED) is 0.760. The summed E-state index contributed by atoms with van der Waals surface area (Å²) >= 11 is 3.30. The summed E-state index contributed by atoms with van der Waals surface area (Å²) in [6.07, 6.45) is -0.448. The number of esters is 1. The Morgan fingerprint density at radius 1 is 1.35 bits per heavy atom. The van der Waals surface area contributed by atoms with E-state index in [4.69, 9.17) is 4.74 Å². The molecule has 8 heteroatoms. The average molecular weight is 404 g/mol. The number of carbonyl (C=O) groups is 2. The van der Waals surface area contributed by atoms with Gasteiger partial charge in [-0.2, -0.15) is 0 Å². The number of benzene rings is 1. The fourth-order valence-electron chi connectivity index (χ4n) is 2.34. The molecule has 1 aromatic rings. The van der Waals surface area contributed by atoms with Gasteiger partial charge in [0.15, 0.2) is 15.9 Å². The summed E-state index contributed by atoms with van der Waals surface area (Å²) in [4.78, 5) is 23.8. The third kappa shape index (κ3) is 5.62. The second-order valence-electron chi connectivity index (χ2n) is 5.60. The van der Waals surface area contributed by atoms with Crippen molar-refractivity contribution in [1.82, 2.24) is 0 Å². The molecule has 0 spiro atoms. The van der Waals surface area contributed by atoms with Gasteiger partial charge in [-0.05, 0) is 43.5 Å². The average Bonchev–Trinajstić information content (AvgIpc) is 2.80. The third-order valence-corrected chi connectivity index (χ3v) is 5.94. The van der Waals surface area contributed by atoms with Gasteiger partial charge in [-0.15, -0.1) is 0 Å². The zero-order valence-electron chi connectivity index (χ0n) is 12.6. The minimum atomic E-state index is -3.02. The maximum atomic E-state index is 12.0. The standard InChI is InChI=1S/C15H18BrNO5S/c1-10(15(19)17-13-4-2-12(16)3-5-13)22-14(18)8-11-6-7-23(20,21)9-11/h2-5,10-11H,6-9H2,1H3,(H,17,19)/t10-,11+/m1/s1. The topological polar surface area (TPSA) is 89.5 Å². The summed E-state index contributed by atoms with van der Waals surface area (Å²) in [5, 5.41) is 2.65. The molecule has 0 bridgehead atoms. The number of ether oxygens (including phenoxy) is 1. The lowest BCUT2D eigenvalue weighted by atomic mass is 10.1. The van der Waals surface area contributed by atoms with Crippen molar-refractivity contribution < 1.29 is 22.7 Å². The fourth-order valence-corrected chi connectivity index (χ4v) is 4.47. The highest BCUT2D eigenvalue weighted by atomic mass is 79.9. The molecule has 1 fully saturated rings. The molecule has 0 aliphatic carbocycles. The zero-order valence-corrected chi connectivity index (χ0v) is 15.0. The molecule has 2 rings (SSSR count). The molecule has 1 heterocycles.